The molecule has 5 unspecified atom stereocenters. The molecule has 9 atom stereocenters. The highest BCUT2D eigenvalue weighted by Crippen LogP contribution is 2.70. The van der Waals surface area contributed by atoms with Crippen molar-refractivity contribution >= 4 is 0 Å². The fourth-order valence-electron chi connectivity index (χ4n) is 10.4. The van der Waals surface area contributed by atoms with Crippen LogP contribution in [0.1, 0.15) is 97.5 Å². The van der Waals surface area contributed by atoms with Gasteiger partial charge in [0.25, 0.3) is 0 Å². The first-order chi connectivity index (χ1) is 15.8. The van der Waals surface area contributed by atoms with Crippen molar-refractivity contribution in [2.24, 2.45) is 64.1 Å². The molecular weight excluding hydrogens is 402 g/mol. The van der Waals surface area contributed by atoms with Gasteiger partial charge in [0.15, 0.2) is 0 Å². The average molecular weight is 448 g/mol. The minimum Gasteiger partial charge on any atom is -0.271 e. The van der Waals surface area contributed by atoms with Crippen LogP contribution in [-0.2, 0) is 6.54 Å². The maximum Gasteiger partial charge on any atom is 0.102 e. The number of hydrogen-bond donors (Lipinski definition) is 0. The van der Waals surface area contributed by atoms with Gasteiger partial charge in [0.2, 0.25) is 0 Å². The summed E-state index contributed by atoms with van der Waals surface area (Å²) in [7, 11) is 0. The third kappa shape index (κ3) is 3.70. The standard InChI is InChI=1S/C30H45N3/c1-19(17-33-18-20(15-31)16-32-33)27-13-26(21-5-6-21)28-25-8-7-22-14-29(2,3)11-9-23(22)24(25)10-12-30(27,28)4/h16,18-19,21-28H,5-14,17H2,1-4H3/t19-,22?,23?,24-,25?,26?,27-,28-,30?/m1/s1. The summed E-state index contributed by atoms with van der Waals surface area (Å²) in [6.07, 6.45) is 18.6. The highest BCUT2D eigenvalue weighted by Gasteiger charge is 2.63. The molecule has 3 nitrogen and oxygen atoms in total. The van der Waals surface area contributed by atoms with Crippen molar-refractivity contribution in [3.05, 3.63) is 18.0 Å². The molecule has 0 aliphatic heterocycles. The topological polar surface area (TPSA) is 41.6 Å². The lowest BCUT2D eigenvalue weighted by atomic mass is 9.47. The molecule has 1 heterocycles. The summed E-state index contributed by atoms with van der Waals surface area (Å²) < 4.78 is 2.05. The van der Waals surface area contributed by atoms with Crippen LogP contribution in [0.2, 0.25) is 0 Å². The zero-order chi connectivity index (χ0) is 23.0. The van der Waals surface area contributed by atoms with Crippen molar-refractivity contribution in [2.45, 2.75) is 98.4 Å². The lowest BCUT2D eigenvalue weighted by Gasteiger charge is -2.58. The molecule has 5 aliphatic carbocycles. The lowest BCUT2D eigenvalue weighted by molar-refractivity contribution is -0.0920. The number of fused-ring (bicyclic) bond motifs is 5. The molecule has 0 radical (unpaired) electrons. The lowest BCUT2D eigenvalue weighted by Crippen LogP contribution is -2.51. The molecule has 0 amide bonds. The second-order valence-electron chi connectivity index (χ2n) is 14.2. The molecule has 0 saturated heterocycles. The normalized spacial score (nSPS) is 44.9. The van der Waals surface area contributed by atoms with Gasteiger partial charge in [-0.3, -0.25) is 4.68 Å². The van der Waals surface area contributed by atoms with Gasteiger partial charge in [0.1, 0.15) is 6.07 Å². The maximum absolute atomic E-state index is 9.21. The Morgan fingerprint density at radius 3 is 2.48 bits per heavy atom. The van der Waals surface area contributed by atoms with Gasteiger partial charge < -0.3 is 0 Å². The van der Waals surface area contributed by atoms with Gasteiger partial charge in [0, 0.05) is 12.7 Å². The zero-order valence-corrected chi connectivity index (χ0v) is 21.5. The van der Waals surface area contributed by atoms with Gasteiger partial charge in [-0.2, -0.15) is 10.4 Å². The molecule has 5 saturated carbocycles. The molecule has 180 valence electrons. The molecule has 1 aromatic heterocycles. The summed E-state index contributed by atoms with van der Waals surface area (Å²) in [5.41, 5.74) is 1.79. The third-order valence-corrected chi connectivity index (χ3v) is 11.8. The van der Waals surface area contributed by atoms with Gasteiger partial charge >= 0.3 is 0 Å². The predicted molar refractivity (Wildman–Crippen MR) is 132 cm³/mol. The number of nitrogens with zero attached hydrogens (tertiary/aromatic N) is 3. The monoisotopic (exact) mass is 447 g/mol. The van der Waals surface area contributed by atoms with Gasteiger partial charge in [-0.05, 0) is 128 Å². The van der Waals surface area contributed by atoms with Crippen LogP contribution in [0.15, 0.2) is 12.4 Å². The quantitative estimate of drug-likeness (QED) is 0.485. The highest BCUT2D eigenvalue weighted by atomic mass is 15.3. The number of rotatable bonds is 4. The molecule has 0 aromatic carbocycles. The summed E-state index contributed by atoms with van der Waals surface area (Å²) in [6.45, 7) is 11.2. The summed E-state index contributed by atoms with van der Waals surface area (Å²) in [5.74, 6) is 8.51. The highest BCUT2D eigenvalue weighted by molar-refractivity contribution is 5.21. The maximum atomic E-state index is 9.21. The largest absolute Gasteiger partial charge is 0.271 e. The van der Waals surface area contributed by atoms with Crippen LogP contribution in [0.3, 0.4) is 0 Å². The van der Waals surface area contributed by atoms with Crippen molar-refractivity contribution in [3.63, 3.8) is 0 Å². The van der Waals surface area contributed by atoms with E-state index in [1.165, 1.54) is 64.2 Å². The van der Waals surface area contributed by atoms with Crippen LogP contribution in [0.25, 0.3) is 0 Å². The van der Waals surface area contributed by atoms with Gasteiger partial charge in [-0.15, -0.1) is 0 Å². The summed E-state index contributed by atoms with van der Waals surface area (Å²) in [4.78, 5) is 0. The fourth-order valence-corrected chi connectivity index (χ4v) is 10.4. The van der Waals surface area contributed by atoms with Crippen LogP contribution in [0, 0.1) is 75.4 Å². The molecular formula is C30H45N3. The van der Waals surface area contributed by atoms with Gasteiger partial charge in [-0.25, -0.2) is 0 Å². The van der Waals surface area contributed by atoms with E-state index in [1.807, 2.05) is 10.9 Å². The van der Waals surface area contributed by atoms with Crippen molar-refractivity contribution in [2.75, 3.05) is 0 Å². The molecule has 0 spiro atoms. The number of hydrogen-bond acceptors (Lipinski definition) is 2. The first kappa shape index (κ1) is 22.2. The Bertz CT molecular complexity index is 919. The van der Waals surface area contributed by atoms with E-state index in [0.29, 0.717) is 22.3 Å². The Kier molecular flexibility index (Phi) is 5.28. The van der Waals surface area contributed by atoms with Gasteiger partial charge in [0.05, 0.1) is 11.8 Å². The van der Waals surface area contributed by atoms with E-state index in [0.717, 1.165) is 53.9 Å². The average Bonchev–Trinajstić information content (AvgIpc) is 3.43. The minimum absolute atomic E-state index is 0.514. The Balaban J connectivity index is 1.25. The Labute approximate surface area is 201 Å². The Morgan fingerprint density at radius 2 is 1.76 bits per heavy atom. The van der Waals surface area contributed by atoms with Crippen LogP contribution < -0.4 is 0 Å². The van der Waals surface area contributed by atoms with E-state index in [4.69, 9.17) is 0 Å². The summed E-state index contributed by atoms with van der Waals surface area (Å²) in [6, 6.07) is 2.25. The predicted octanol–water partition coefficient (Wildman–Crippen LogP) is 7.32. The van der Waals surface area contributed by atoms with E-state index in [1.54, 1.807) is 6.20 Å². The van der Waals surface area contributed by atoms with E-state index < -0.39 is 0 Å². The smallest absolute Gasteiger partial charge is 0.102 e. The van der Waals surface area contributed by atoms with Crippen molar-refractivity contribution in [3.8, 4) is 6.07 Å². The summed E-state index contributed by atoms with van der Waals surface area (Å²) in [5, 5.41) is 13.7. The molecule has 0 N–H and O–H groups in total. The van der Waals surface area contributed by atoms with Crippen LogP contribution >= 0.6 is 0 Å². The zero-order valence-electron chi connectivity index (χ0n) is 21.5. The van der Waals surface area contributed by atoms with Crippen molar-refractivity contribution in [1.82, 2.24) is 9.78 Å². The van der Waals surface area contributed by atoms with E-state index in [9.17, 15) is 5.26 Å². The second-order valence-corrected chi connectivity index (χ2v) is 14.2. The fraction of sp³-hybridized carbons (Fsp3) is 0.867. The van der Waals surface area contributed by atoms with Crippen LogP contribution in [0.4, 0.5) is 0 Å². The van der Waals surface area contributed by atoms with Crippen molar-refractivity contribution in [1.29, 1.82) is 5.26 Å². The molecule has 6 rings (SSSR count). The summed E-state index contributed by atoms with van der Waals surface area (Å²) >= 11 is 0. The second kappa shape index (κ2) is 7.86. The molecule has 5 fully saturated rings. The molecule has 5 aliphatic rings. The molecule has 3 heteroatoms. The molecule has 1 aromatic rings. The van der Waals surface area contributed by atoms with Crippen molar-refractivity contribution < 1.29 is 0 Å². The van der Waals surface area contributed by atoms with Crippen LogP contribution in [-0.4, -0.2) is 9.78 Å². The number of aromatic nitrogens is 2. The van der Waals surface area contributed by atoms with E-state index >= 15 is 0 Å². The SMILES string of the molecule is C[C@H](Cn1cc(C#N)cn1)[C@H]1CC(C2CC2)[C@H]2C3CCC4CC(C)(C)CCC4[C@H]3CCC21C. The first-order valence-corrected chi connectivity index (χ1v) is 14.2. The van der Waals surface area contributed by atoms with Gasteiger partial charge in [-0.1, -0.05) is 27.7 Å². The Hall–Kier alpha value is -1.30. The third-order valence-electron chi connectivity index (χ3n) is 11.8. The Morgan fingerprint density at radius 1 is 1.00 bits per heavy atom. The van der Waals surface area contributed by atoms with Crippen LogP contribution in [0.5, 0.6) is 0 Å². The first-order valence-electron chi connectivity index (χ1n) is 14.2. The minimum atomic E-state index is 0.514. The van der Waals surface area contributed by atoms with E-state index in [2.05, 4.69) is 38.9 Å². The van der Waals surface area contributed by atoms with E-state index in [-0.39, 0.29) is 0 Å². The number of nitriles is 1. The molecule has 0 bridgehead atoms. The molecule has 33 heavy (non-hydrogen) atoms.